The summed E-state index contributed by atoms with van der Waals surface area (Å²) in [6, 6.07) is 3.71. The molecule has 0 saturated carbocycles. The quantitative estimate of drug-likeness (QED) is 0.757. The van der Waals surface area contributed by atoms with Gasteiger partial charge in [-0.05, 0) is 12.1 Å². The van der Waals surface area contributed by atoms with Crippen molar-refractivity contribution in [2.24, 2.45) is 0 Å². The monoisotopic (exact) mass is 326 g/mol. The normalized spacial score (nSPS) is 13.7. The lowest BCUT2D eigenvalue weighted by Gasteiger charge is -2.26. The van der Waals surface area contributed by atoms with E-state index in [1.54, 1.807) is 23.5 Å². The molecule has 4 heterocycles. The average molecular weight is 326 g/mol. The summed E-state index contributed by atoms with van der Waals surface area (Å²) in [5.41, 5.74) is 4.04. The van der Waals surface area contributed by atoms with Crippen molar-refractivity contribution in [3.63, 3.8) is 0 Å². The van der Waals surface area contributed by atoms with Crippen LogP contribution >= 0.6 is 11.3 Å². The number of hydrogen-bond acceptors (Lipinski definition) is 5. The van der Waals surface area contributed by atoms with Gasteiger partial charge >= 0.3 is 6.03 Å². The van der Waals surface area contributed by atoms with E-state index in [0.29, 0.717) is 18.2 Å². The molecule has 0 atom stereocenters. The Kier molecular flexibility index (Phi) is 3.51. The van der Waals surface area contributed by atoms with Gasteiger partial charge in [0.05, 0.1) is 12.2 Å². The van der Waals surface area contributed by atoms with Crippen LogP contribution in [0.3, 0.4) is 0 Å². The number of H-pyrrole nitrogens is 1. The van der Waals surface area contributed by atoms with Crippen LogP contribution < -0.4 is 5.32 Å². The molecule has 23 heavy (non-hydrogen) atoms. The highest BCUT2D eigenvalue weighted by Gasteiger charge is 2.26. The van der Waals surface area contributed by atoms with Gasteiger partial charge in [-0.25, -0.2) is 9.78 Å². The summed E-state index contributed by atoms with van der Waals surface area (Å²) in [6.07, 6.45) is 5.92. The third-order valence-electron chi connectivity index (χ3n) is 3.82. The second kappa shape index (κ2) is 5.81. The van der Waals surface area contributed by atoms with Crippen LogP contribution in [-0.2, 0) is 13.0 Å². The molecule has 7 nitrogen and oxygen atoms in total. The van der Waals surface area contributed by atoms with Gasteiger partial charge in [-0.1, -0.05) is 0 Å². The summed E-state index contributed by atoms with van der Waals surface area (Å²) in [4.78, 5) is 22.3. The number of aromatic amines is 1. The van der Waals surface area contributed by atoms with Crippen molar-refractivity contribution in [1.82, 2.24) is 25.1 Å². The molecule has 1 aliphatic rings. The Morgan fingerprint density at radius 2 is 2.17 bits per heavy atom. The largest absolute Gasteiger partial charge is 0.323 e. The van der Waals surface area contributed by atoms with E-state index >= 15 is 0 Å². The molecule has 8 heteroatoms. The third-order valence-corrected chi connectivity index (χ3v) is 4.51. The number of anilines is 1. The summed E-state index contributed by atoms with van der Waals surface area (Å²) in [5, 5.41) is 12.8. The second-order valence-electron chi connectivity index (χ2n) is 5.20. The zero-order valence-corrected chi connectivity index (χ0v) is 13.0. The fourth-order valence-electron chi connectivity index (χ4n) is 2.67. The minimum Gasteiger partial charge on any atom is -0.320 e. The number of pyridine rings is 1. The van der Waals surface area contributed by atoms with Crippen molar-refractivity contribution < 1.29 is 4.79 Å². The Bertz CT molecular complexity index is 814. The van der Waals surface area contributed by atoms with Crippen molar-refractivity contribution >= 4 is 22.5 Å². The number of carbonyl (C=O) groups is 1. The number of rotatable bonds is 2. The van der Waals surface area contributed by atoms with Gasteiger partial charge in [0.2, 0.25) is 0 Å². The van der Waals surface area contributed by atoms with Gasteiger partial charge in [-0.2, -0.15) is 5.10 Å². The number of thiazole rings is 1. The van der Waals surface area contributed by atoms with Gasteiger partial charge in [0.15, 0.2) is 5.13 Å². The van der Waals surface area contributed by atoms with E-state index in [9.17, 15) is 4.79 Å². The second-order valence-corrected chi connectivity index (χ2v) is 6.10. The van der Waals surface area contributed by atoms with Crippen LogP contribution in [0.5, 0.6) is 0 Å². The van der Waals surface area contributed by atoms with Crippen molar-refractivity contribution in [3.8, 4) is 11.3 Å². The molecule has 0 bridgehead atoms. The predicted octanol–water partition coefficient (Wildman–Crippen LogP) is 2.52. The van der Waals surface area contributed by atoms with E-state index in [0.717, 1.165) is 28.9 Å². The standard InChI is InChI=1S/C15H14N6OS/c22-15(18-14-17-6-8-23-14)21-7-3-12-11(9-21)13(20-19-12)10-1-4-16-5-2-10/h1-2,4-6,8H,3,7,9H2,(H,19,20)(H,17,18,22). The molecular weight excluding hydrogens is 312 g/mol. The van der Waals surface area contributed by atoms with Crippen LogP contribution in [0.1, 0.15) is 11.3 Å². The highest BCUT2D eigenvalue weighted by atomic mass is 32.1. The summed E-state index contributed by atoms with van der Waals surface area (Å²) >= 11 is 1.41. The molecule has 3 aromatic rings. The maximum atomic E-state index is 12.4. The minimum atomic E-state index is -0.132. The SMILES string of the molecule is O=C(Nc1nccs1)N1CCc2[nH]nc(-c3ccncc3)c2C1. The van der Waals surface area contributed by atoms with Crippen LogP contribution in [0, 0.1) is 0 Å². The van der Waals surface area contributed by atoms with Crippen LogP contribution in [-0.4, -0.2) is 37.6 Å². The Balaban J connectivity index is 1.57. The van der Waals surface area contributed by atoms with Gasteiger partial charge in [-0.3, -0.25) is 15.4 Å². The fraction of sp³-hybridized carbons (Fsp3) is 0.200. The van der Waals surface area contributed by atoms with E-state index in [-0.39, 0.29) is 6.03 Å². The summed E-state index contributed by atoms with van der Waals surface area (Å²) < 4.78 is 0. The first kappa shape index (κ1) is 13.9. The number of amides is 2. The lowest BCUT2D eigenvalue weighted by atomic mass is 10.0. The van der Waals surface area contributed by atoms with Crippen LogP contribution in [0.15, 0.2) is 36.1 Å². The Morgan fingerprint density at radius 3 is 2.96 bits per heavy atom. The van der Waals surface area contributed by atoms with Crippen LogP contribution in [0.25, 0.3) is 11.3 Å². The highest BCUT2D eigenvalue weighted by molar-refractivity contribution is 7.13. The first-order valence-electron chi connectivity index (χ1n) is 7.23. The lowest BCUT2D eigenvalue weighted by molar-refractivity contribution is 0.206. The first-order chi connectivity index (χ1) is 11.3. The fourth-order valence-corrected chi connectivity index (χ4v) is 3.19. The van der Waals surface area contributed by atoms with E-state index in [4.69, 9.17) is 0 Å². The van der Waals surface area contributed by atoms with Crippen molar-refractivity contribution in [1.29, 1.82) is 0 Å². The molecule has 0 spiro atoms. The average Bonchev–Trinajstić information content (AvgIpc) is 3.24. The molecule has 4 rings (SSSR count). The van der Waals surface area contributed by atoms with Gasteiger partial charge in [0.1, 0.15) is 0 Å². The zero-order chi connectivity index (χ0) is 15.6. The first-order valence-corrected chi connectivity index (χ1v) is 8.11. The van der Waals surface area contributed by atoms with Crippen molar-refractivity contribution in [3.05, 3.63) is 47.4 Å². The number of urea groups is 1. The summed E-state index contributed by atoms with van der Waals surface area (Å²) in [6.45, 7) is 1.18. The molecule has 0 saturated heterocycles. The number of aromatic nitrogens is 4. The van der Waals surface area contributed by atoms with E-state index in [1.807, 2.05) is 17.5 Å². The van der Waals surface area contributed by atoms with Gasteiger partial charge in [-0.15, -0.1) is 11.3 Å². The molecule has 3 aromatic heterocycles. The van der Waals surface area contributed by atoms with Crippen molar-refractivity contribution in [2.75, 3.05) is 11.9 Å². The molecule has 0 radical (unpaired) electrons. The summed E-state index contributed by atoms with van der Waals surface area (Å²) in [5.74, 6) is 0. The third kappa shape index (κ3) is 2.68. The molecule has 0 aromatic carbocycles. The number of nitrogens with zero attached hydrogens (tertiary/aromatic N) is 4. The molecule has 116 valence electrons. The Labute approximate surface area is 136 Å². The molecular formula is C15H14N6OS. The Hall–Kier alpha value is -2.74. The lowest BCUT2D eigenvalue weighted by Crippen LogP contribution is -2.38. The van der Waals surface area contributed by atoms with Gasteiger partial charge < -0.3 is 4.90 Å². The summed E-state index contributed by atoms with van der Waals surface area (Å²) in [7, 11) is 0. The molecule has 0 unspecified atom stereocenters. The number of fused-ring (bicyclic) bond motifs is 1. The maximum Gasteiger partial charge on any atom is 0.323 e. The predicted molar refractivity (Wildman–Crippen MR) is 87.1 cm³/mol. The van der Waals surface area contributed by atoms with E-state index in [2.05, 4.69) is 25.5 Å². The zero-order valence-electron chi connectivity index (χ0n) is 12.2. The van der Waals surface area contributed by atoms with Gasteiger partial charge in [0.25, 0.3) is 0 Å². The molecule has 2 N–H and O–H groups in total. The van der Waals surface area contributed by atoms with Crippen molar-refractivity contribution in [2.45, 2.75) is 13.0 Å². The maximum absolute atomic E-state index is 12.4. The molecule has 0 fully saturated rings. The molecule has 0 aliphatic carbocycles. The van der Waals surface area contributed by atoms with Crippen LogP contribution in [0.4, 0.5) is 9.93 Å². The number of carbonyl (C=O) groups excluding carboxylic acids is 1. The topological polar surface area (TPSA) is 86.8 Å². The van der Waals surface area contributed by atoms with E-state index in [1.165, 1.54) is 11.3 Å². The number of nitrogens with one attached hydrogen (secondary N) is 2. The molecule has 2 amide bonds. The number of hydrogen-bond donors (Lipinski definition) is 2. The minimum absolute atomic E-state index is 0.132. The Morgan fingerprint density at radius 1 is 1.30 bits per heavy atom. The smallest absolute Gasteiger partial charge is 0.320 e. The van der Waals surface area contributed by atoms with Crippen LogP contribution in [0.2, 0.25) is 0 Å². The molecule has 1 aliphatic heterocycles. The highest BCUT2D eigenvalue weighted by Crippen LogP contribution is 2.28. The van der Waals surface area contributed by atoms with Gasteiger partial charge in [0, 0.05) is 53.8 Å². The van der Waals surface area contributed by atoms with E-state index < -0.39 is 0 Å².